The molecule has 1 amide bonds. The van der Waals surface area contributed by atoms with Gasteiger partial charge in [-0.1, -0.05) is 53.5 Å². The average molecular weight is 459 g/mol. The Hall–Kier alpha value is -2.54. The van der Waals surface area contributed by atoms with E-state index in [1.165, 1.54) is 0 Å². The minimum absolute atomic E-state index is 0.0309. The third-order valence-corrected chi connectivity index (χ3v) is 5.91. The van der Waals surface area contributed by atoms with E-state index in [9.17, 15) is 4.79 Å². The Labute approximate surface area is 191 Å². The predicted molar refractivity (Wildman–Crippen MR) is 123 cm³/mol. The van der Waals surface area contributed by atoms with E-state index in [0.29, 0.717) is 28.9 Å². The number of ether oxygens (including phenoxy) is 1. The highest BCUT2D eigenvalue weighted by molar-refractivity contribution is 6.35. The van der Waals surface area contributed by atoms with Gasteiger partial charge in [0.05, 0.1) is 5.02 Å². The average Bonchev–Trinajstić information content (AvgIpc) is 3.26. The largest absolute Gasteiger partial charge is 0.482 e. The van der Waals surface area contributed by atoms with Crippen LogP contribution in [-0.2, 0) is 11.3 Å². The summed E-state index contributed by atoms with van der Waals surface area (Å²) in [5.74, 6) is 1.41. The third-order valence-electron chi connectivity index (χ3n) is 5.37. The Morgan fingerprint density at radius 3 is 2.52 bits per heavy atom. The summed E-state index contributed by atoms with van der Waals surface area (Å²) >= 11 is 12.0. The van der Waals surface area contributed by atoms with E-state index in [1.807, 2.05) is 35.5 Å². The number of rotatable bonds is 7. The first-order valence-electron chi connectivity index (χ1n) is 10.2. The van der Waals surface area contributed by atoms with Gasteiger partial charge in [0.25, 0.3) is 5.91 Å². The predicted octanol–water partition coefficient (Wildman–Crippen LogP) is 4.08. The molecule has 0 saturated carbocycles. The lowest BCUT2D eigenvalue weighted by atomic mass is 10.2. The molecule has 4 rings (SSSR count). The lowest BCUT2D eigenvalue weighted by Crippen LogP contribution is -2.50. The molecule has 1 aromatic heterocycles. The first kappa shape index (κ1) is 21.7. The number of amides is 1. The Bertz CT molecular complexity index is 1020. The molecule has 0 atom stereocenters. The second-order valence-electron chi connectivity index (χ2n) is 7.40. The molecule has 8 heteroatoms. The van der Waals surface area contributed by atoms with Gasteiger partial charge in [-0.3, -0.25) is 9.69 Å². The van der Waals surface area contributed by atoms with Gasteiger partial charge in [0.2, 0.25) is 0 Å². The second kappa shape index (κ2) is 10.2. The van der Waals surface area contributed by atoms with Crippen molar-refractivity contribution in [2.75, 3.05) is 39.3 Å². The smallest absolute Gasteiger partial charge is 0.260 e. The van der Waals surface area contributed by atoms with Crippen LogP contribution < -0.4 is 4.74 Å². The highest BCUT2D eigenvalue weighted by Crippen LogP contribution is 2.27. The minimum atomic E-state index is -0.0355. The van der Waals surface area contributed by atoms with Crippen molar-refractivity contribution in [3.05, 3.63) is 71.0 Å². The summed E-state index contributed by atoms with van der Waals surface area (Å²) in [5.41, 5.74) is 1.11. The first-order valence-corrected chi connectivity index (χ1v) is 11.0. The fourth-order valence-electron chi connectivity index (χ4n) is 3.63. The lowest BCUT2D eigenvalue weighted by Gasteiger charge is -2.34. The molecule has 1 aliphatic rings. The molecule has 3 aromatic rings. The van der Waals surface area contributed by atoms with Crippen molar-refractivity contribution in [1.82, 2.24) is 19.4 Å². The van der Waals surface area contributed by atoms with Gasteiger partial charge in [-0.05, 0) is 18.2 Å². The molecule has 162 valence electrons. The number of carbonyl (C=O) groups excluding carboxylic acids is 1. The molecule has 2 heterocycles. The van der Waals surface area contributed by atoms with Crippen LogP contribution in [0.5, 0.6) is 5.75 Å². The summed E-state index contributed by atoms with van der Waals surface area (Å²) in [5, 5.41) is 0.936. The van der Waals surface area contributed by atoms with Crippen molar-refractivity contribution in [3.8, 4) is 17.1 Å². The molecule has 0 radical (unpaired) electrons. The molecule has 1 fully saturated rings. The van der Waals surface area contributed by atoms with E-state index in [2.05, 4.69) is 26.6 Å². The van der Waals surface area contributed by atoms with Gasteiger partial charge >= 0.3 is 0 Å². The number of imidazole rings is 1. The van der Waals surface area contributed by atoms with Crippen molar-refractivity contribution in [1.29, 1.82) is 0 Å². The van der Waals surface area contributed by atoms with Gasteiger partial charge in [-0.15, -0.1) is 0 Å². The molecular weight excluding hydrogens is 435 g/mol. The van der Waals surface area contributed by atoms with Crippen LogP contribution in [-0.4, -0.2) is 64.6 Å². The number of hydrogen-bond donors (Lipinski definition) is 0. The molecule has 1 saturated heterocycles. The Morgan fingerprint density at radius 1 is 1.00 bits per heavy atom. The van der Waals surface area contributed by atoms with E-state index in [0.717, 1.165) is 37.6 Å². The molecule has 0 N–H and O–H groups in total. The summed E-state index contributed by atoms with van der Waals surface area (Å²) in [6, 6.07) is 15.2. The normalized spacial score (nSPS) is 14.6. The van der Waals surface area contributed by atoms with Crippen LogP contribution in [0.1, 0.15) is 0 Å². The van der Waals surface area contributed by atoms with Crippen LogP contribution in [0.15, 0.2) is 60.9 Å². The summed E-state index contributed by atoms with van der Waals surface area (Å²) in [7, 11) is 0. The molecule has 1 aliphatic heterocycles. The second-order valence-corrected chi connectivity index (χ2v) is 8.24. The monoisotopic (exact) mass is 458 g/mol. The van der Waals surface area contributed by atoms with E-state index in [-0.39, 0.29) is 12.5 Å². The van der Waals surface area contributed by atoms with E-state index >= 15 is 0 Å². The zero-order chi connectivity index (χ0) is 21.6. The number of halogens is 2. The number of carbonyl (C=O) groups is 1. The molecule has 2 aromatic carbocycles. The highest BCUT2D eigenvalue weighted by Gasteiger charge is 2.21. The zero-order valence-electron chi connectivity index (χ0n) is 17.1. The van der Waals surface area contributed by atoms with Crippen LogP contribution in [0.25, 0.3) is 11.4 Å². The van der Waals surface area contributed by atoms with Crippen molar-refractivity contribution in [2.45, 2.75) is 6.54 Å². The highest BCUT2D eigenvalue weighted by atomic mass is 35.5. The minimum Gasteiger partial charge on any atom is -0.482 e. The Balaban J connectivity index is 1.23. The standard InChI is InChI=1S/C23H24Cl2N4O2/c24-19-6-7-21(20(25)16-19)31-17-22(30)28-13-10-27(11-14-28)12-15-29-9-8-26-23(29)18-4-2-1-3-5-18/h1-9,16H,10-15,17H2. The van der Waals surface area contributed by atoms with Crippen molar-refractivity contribution < 1.29 is 9.53 Å². The van der Waals surface area contributed by atoms with E-state index in [1.54, 1.807) is 18.2 Å². The van der Waals surface area contributed by atoms with Crippen LogP contribution in [0, 0.1) is 0 Å². The third kappa shape index (κ3) is 5.58. The van der Waals surface area contributed by atoms with Crippen molar-refractivity contribution in [3.63, 3.8) is 0 Å². The summed E-state index contributed by atoms with van der Waals surface area (Å²) in [4.78, 5) is 21.2. The number of nitrogens with zero attached hydrogens (tertiary/aromatic N) is 4. The van der Waals surface area contributed by atoms with Gasteiger partial charge in [0.15, 0.2) is 6.61 Å². The molecule has 6 nitrogen and oxygen atoms in total. The summed E-state index contributed by atoms with van der Waals surface area (Å²) in [6.45, 7) is 4.78. The zero-order valence-corrected chi connectivity index (χ0v) is 18.6. The number of piperazine rings is 1. The van der Waals surface area contributed by atoms with Gasteiger partial charge < -0.3 is 14.2 Å². The molecular formula is C23H24Cl2N4O2. The Morgan fingerprint density at radius 2 is 1.77 bits per heavy atom. The first-order chi connectivity index (χ1) is 15.1. The summed E-state index contributed by atoms with van der Waals surface area (Å²) < 4.78 is 7.76. The van der Waals surface area contributed by atoms with E-state index in [4.69, 9.17) is 27.9 Å². The maximum Gasteiger partial charge on any atom is 0.260 e. The quantitative estimate of drug-likeness (QED) is 0.535. The van der Waals surface area contributed by atoms with Crippen LogP contribution in [0.2, 0.25) is 10.0 Å². The maximum atomic E-state index is 12.5. The van der Waals surface area contributed by atoms with Gasteiger partial charge in [0.1, 0.15) is 11.6 Å². The van der Waals surface area contributed by atoms with Crippen LogP contribution >= 0.6 is 23.2 Å². The van der Waals surface area contributed by atoms with Gasteiger partial charge in [-0.25, -0.2) is 4.98 Å². The van der Waals surface area contributed by atoms with Crippen LogP contribution in [0.3, 0.4) is 0 Å². The number of hydrogen-bond acceptors (Lipinski definition) is 4. The molecule has 0 bridgehead atoms. The van der Waals surface area contributed by atoms with E-state index < -0.39 is 0 Å². The van der Waals surface area contributed by atoms with Crippen molar-refractivity contribution >= 4 is 29.1 Å². The van der Waals surface area contributed by atoms with Crippen LogP contribution in [0.4, 0.5) is 0 Å². The fraction of sp³-hybridized carbons (Fsp3) is 0.304. The van der Waals surface area contributed by atoms with Gasteiger partial charge in [-0.2, -0.15) is 0 Å². The van der Waals surface area contributed by atoms with Gasteiger partial charge in [0, 0.05) is 62.2 Å². The lowest BCUT2D eigenvalue weighted by molar-refractivity contribution is -0.135. The maximum absolute atomic E-state index is 12.5. The molecule has 0 aliphatic carbocycles. The SMILES string of the molecule is O=C(COc1ccc(Cl)cc1Cl)N1CCN(CCn2ccnc2-c2ccccc2)CC1. The fourth-order valence-corrected chi connectivity index (χ4v) is 4.09. The number of aromatic nitrogens is 2. The molecule has 0 spiro atoms. The topological polar surface area (TPSA) is 50.6 Å². The molecule has 31 heavy (non-hydrogen) atoms. The van der Waals surface area contributed by atoms with Crippen molar-refractivity contribution in [2.24, 2.45) is 0 Å². The Kier molecular flexibility index (Phi) is 7.12. The molecule has 0 unspecified atom stereocenters. The summed E-state index contributed by atoms with van der Waals surface area (Å²) in [6.07, 6.45) is 3.85. The number of benzene rings is 2.